The van der Waals surface area contributed by atoms with Crippen LogP contribution in [0.4, 0.5) is 0 Å². The molecule has 2 N–H and O–H groups in total. The van der Waals surface area contributed by atoms with Gasteiger partial charge in [0.15, 0.2) is 0 Å². The first kappa shape index (κ1) is 26.4. The number of hydrazone groups is 1. The van der Waals surface area contributed by atoms with E-state index in [9.17, 15) is 14.4 Å². The van der Waals surface area contributed by atoms with Crippen LogP contribution >= 0.6 is 11.6 Å². The van der Waals surface area contributed by atoms with Gasteiger partial charge in [-0.05, 0) is 78.7 Å². The number of carbonyl (C=O) groups excluding carboxylic acids is 3. The minimum Gasteiger partial charge on any atom is -0.494 e. The minimum atomic E-state index is -0.524. The lowest BCUT2D eigenvalue weighted by atomic mass is 10.2. The molecule has 9 heteroatoms. The van der Waals surface area contributed by atoms with Crippen molar-refractivity contribution in [3.05, 3.63) is 94.5 Å². The Morgan fingerprint density at radius 3 is 2.36 bits per heavy atom. The van der Waals surface area contributed by atoms with Crippen molar-refractivity contribution < 1.29 is 23.9 Å². The predicted octanol–water partition coefficient (Wildman–Crippen LogP) is 4.62. The van der Waals surface area contributed by atoms with Crippen LogP contribution in [0.15, 0.2) is 77.9 Å². The average molecular weight is 508 g/mol. The molecule has 3 aromatic rings. The van der Waals surface area contributed by atoms with E-state index >= 15 is 0 Å². The van der Waals surface area contributed by atoms with E-state index in [2.05, 4.69) is 22.8 Å². The molecule has 3 rings (SSSR count). The summed E-state index contributed by atoms with van der Waals surface area (Å²) < 4.78 is 10.9. The number of unbranched alkanes of at least 4 members (excludes halogenated alkanes) is 1. The molecule has 0 aliphatic heterocycles. The number of ether oxygens (including phenoxy) is 2. The van der Waals surface area contributed by atoms with Gasteiger partial charge in [-0.2, -0.15) is 5.10 Å². The smallest absolute Gasteiger partial charge is 0.343 e. The number of nitrogens with one attached hydrogen (secondary N) is 2. The van der Waals surface area contributed by atoms with Crippen molar-refractivity contribution in [3.8, 4) is 11.5 Å². The standard InChI is InChI=1S/C27H26ClN3O5/c1-2-3-15-35-23-13-9-20(10-14-23)26(33)29-18-25(32)31-30-17-19-7-11-24(12-8-19)36-27(34)21-5-4-6-22(28)16-21/h4-14,16-17H,2-3,15,18H2,1H3,(H,29,33)(H,31,32)/b30-17-. The first-order valence-electron chi connectivity index (χ1n) is 11.4. The minimum absolute atomic E-state index is 0.233. The van der Waals surface area contributed by atoms with Gasteiger partial charge >= 0.3 is 5.97 Å². The van der Waals surface area contributed by atoms with Crippen molar-refractivity contribution in [2.75, 3.05) is 13.2 Å². The second-order valence-corrected chi connectivity index (χ2v) is 8.11. The quantitative estimate of drug-likeness (QED) is 0.129. The third-order valence-electron chi connectivity index (χ3n) is 4.85. The molecule has 0 aliphatic rings. The Labute approximate surface area is 214 Å². The van der Waals surface area contributed by atoms with Crippen molar-refractivity contribution in [2.24, 2.45) is 5.10 Å². The molecule has 0 radical (unpaired) electrons. The molecular weight excluding hydrogens is 482 g/mol. The molecule has 0 bridgehead atoms. The average Bonchev–Trinajstić information content (AvgIpc) is 2.89. The Hall–Kier alpha value is -4.17. The molecule has 0 spiro atoms. The van der Waals surface area contributed by atoms with Gasteiger partial charge in [0.1, 0.15) is 11.5 Å². The van der Waals surface area contributed by atoms with E-state index in [1.54, 1.807) is 66.7 Å². The fourth-order valence-electron chi connectivity index (χ4n) is 2.92. The second kappa shape index (κ2) is 13.7. The number of benzene rings is 3. The normalized spacial score (nSPS) is 10.6. The molecule has 0 saturated carbocycles. The summed E-state index contributed by atoms with van der Waals surface area (Å²) in [6.45, 7) is 2.48. The molecule has 0 unspecified atom stereocenters. The van der Waals surface area contributed by atoms with Gasteiger partial charge in [0.2, 0.25) is 0 Å². The van der Waals surface area contributed by atoms with Gasteiger partial charge in [-0.1, -0.05) is 31.0 Å². The van der Waals surface area contributed by atoms with Crippen LogP contribution in [0, 0.1) is 0 Å². The van der Waals surface area contributed by atoms with E-state index in [-0.39, 0.29) is 12.5 Å². The Morgan fingerprint density at radius 2 is 1.67 bits per heavy atom. The lowest BCUT2D eigenvalue weighted by Gasteiger charge is -2.07. The Balaban J connectivity index is 1.40. The highest BCUT2D eigenvalue weighted by Crippen LogP contribution is 2.16. The predicted molar refractivity (Wildman–Crippen MR) is 138 cm³/mol. The number of carbonyl (C=O) groups is 3. The molecule has 0 fully saturated rings. The number of halogens is 1. The lowest BCUT2D eigenvalue weighted by Crippen LogP contribution is -2.34. The van der Waals surface area contributed by atoms with Crippen LogP contribution in [0.2, 0.25) is 5.02 Å². The maximum Gasteiger partial charge on any atom is 0.343 e. The largest absolute Gasteiger partial charge is 0.494 e. The van der Waals surface area contributed by atoms with E-state index in [0.29, 0.717) is 39.8 Å². The van der Waals surface area contributed by atoms with E-state index in [1.165, 1.54) is 12.3 Å². The van der Waals surface area contributed by atoms with E-state index < -0.39 is 11.9 Å². The van der Waals surface area contributed by atoms with Gasteiger partial charge in [-0.25, -0.2) is 10.2 Å². The van der Waals surface area contributed by atoms with E-state index in [0.717, 1.165) is 12.8 Å². The van der Waals surface area contributed by atoms with Crippen molar-refractivity contribution in [1.82, 2.24) is 10.7 Å². The molecule has 186 valence electrons. The summed E-state index contributed by atoms with van der Waals surface area (Å²) in [6, 6.07) is 19.8. The maximum absolute atomic E-state index is 12.2. The summed E-state index contributed by atoms with van der Waals surface area (Å²) in [5.41, 5.74) is 3.78. The van der Waals surface area contributed by atoms with Gasteiger partial charge in [0.05, 0.1) is 24.9 Å². The van der Waals surface area contributed by atoms with Gasteiger partial charge < -0.3 is 14.8 Å². The Morgan fingerprint density at radius 1 is 0.944 bits per heavy atom. The summed E-state index contributed by atoms with van der Waals surface area (Å²) in [5, 5.41) is 6.86. The summed E-state index contributed by atoms with van der Waals surface area (Å²) in [4.78, 5) is 36.4. The highest BCUT2D eigenvalue weighted by Gasteiger charge is 2.10. The van der Waals surface area contributed by atoms with E-state index in [1.807, 2.05) is 0 Å². The fraction of sp³-hybridized carbons (Fsp3) is 0.185. The van der Waals surface area contributed by atoms with Gasteiger partial charge in [0, 0.05) is 10.6 Å². The lowest BCUT2D eigenvalue weighted by molar-refractivity contribution is -0.120. The zero-order valence-corrected chi connectivity index (χ0v) is 20.5. The van der Waals surface area contributed by atoms with Crippen LogP contribution in [0.25, 0.3) is 0 Å². The third kappa shape index (κ3) is 8.56. The first-order valence-corrected chi connectivity index (χ1v) is 11.7. The molecule has 0 aromatic heterocycles. The van der Waals surface area contributed by atoms with Gasteiger partial charge in [-0.3, -0.25) is 9.59 Å². The van der Waals surface area contributed by atoms with Crippen molar-refractivity contribution >= 4 is 35.6 Å². The zero-order valence-electron chi connectivity index (χ0n) is 19.7. The summed E-state index contributed by atoms with van der Waals surface area (Å²) in [5.74, 6) is -0.336. The van der Waals surface area contributed by atoms with Crippen LogP contribution in [-0.2, 0) is 4.79 Å². The number of nitrogens with zero attached hydrogens (tertiary/aromatic N) is 1. The molecule has 36 heavy (non-hydrogen) atoms. The number of rotatable bonds is 11. The maximum atomic E-state index is 12.2. The Bertz CT molecular complexity index is 1210. The third-order valence-corrected chi connectivity index (χ3v) is 5.08. The van der Waals surface area contributed by atoms with E-state index in [4.69, 9.17) is 21.1 Å². The highest BCUT2D eigenvalue weighted by molar-refractivity contribution is 6.30. The molecule has 3 aromatic carbocycles. The number of esters is 1. The van der Waals surface area contributed by atoms with Crippen LogP contribution < -0.4 is 20.2 Å². The molecule has 0 aliphatic carbocycles. The fourth-order valence-corrected chi connectivity index (χ4v) is 3.11. The summed E-state index contributed by atoms with van der Waals surface area (Å²) in [7, 11) is 0. The van der Waals surface area contributed by atoms with Crippen LogP contribution in [0.1, 0.15) is 46.0 Å². The topological polar surface area (TPSA) is 106 Å². The van der Waals surface area contributed by atoms with Gasteiger partial charge in [-0.15, -0.1) is 0 Å². The number of hydrogen-bond acceptors (Lipinski definition) is 6. The first-order chi connectivity index (χ1) is 17.4. The molecule has 8 nitrogen and oxygen atoms in total. The highest BCUT2D eigenvalue weighted by atomic mass is 35.5. The number of hydrogen-bond donors (Lipinski definition) is 2. The van der Waals surface area contributed by atoms with Crippen molar-refractivity contribution in [1.29, 1.82) is 0 Å². The second-order valence-electron chi connectivity index (χ2n) is 7.67. The summed E-state index contributed by atoms with van der Waals surface area (Å²) in [6.07, 6.45) is 3.44. The molecule has 0 saturated heterocycles. The zero-order chi connectivity index (χ0) is 25.8. The molecule has 0 atom stereocenters. The van der Waals surface area contributed by atoms with Crippen molar-refractivity contribution in [3.63, 3.8) is 0 Å². The Kier molecular flexibility index (Phi) is 10.0. The monoisotopic (exact) mass is 507 g/mol. The summed E-state index contributed by atoms with van der Waals surface area (Å²) >= 11 is 5.89. The van der Waals surface area contributed by atoms with Crippen molar-refractivity contribution in [2.45, 2.75) is 19.8 Å². The van der Waals surface area contributed by atoms with Crippen LogP contribution in [0.5, 0.6) is 11.5 Å². The SMILES string of the molecule is CCCCOc1ccc(C(=O)NCC(=O)N/N=C\c2ccc(OC(=O)c3cccc(Cl)c3)cc2)cc1. The van der Waals surface area contributed by atoms with Gasteiger partial charge in [0.25, 0.3) is 11.8 Å². The van der Waals surface area contributed by atoms with Crippen LogP contribution in [-0.4, -0.2) is 37.1 Å². The molecule has 2 amide bonds. The number of amides is 2. The molecule has 0 heterocycles. The molecular formula is C27H26ClN3O5. The van der Waals surface area contributed by atoms with Crippen LogP contribution in [0.3, 0.4) is 0 Å².